The van der Waals surface area contributed by atoms with Gasteiger partial charge in [0.05, 0.1) is 6.54 Å². The van der Waals surface area contributed by atoms with Crippen LogP contribution in [0.5, 0.6) is 0 Å². The summed E-state index contributed by atoms with van der Waals surface area (Å²) in [5.74, 6) is 0. The van der Waals surface area contributed by atoms with Crippen molar-refractivity contribution in [1.82, 2.24) is 25.0 Å². The number of nitrogens with one attached hydrogen (secondary N) is 1. The van der Waals surface area contributed by atoms with Crippen molar-refractivity contribution in [3.8, 4) is 0 Å². The maximum Gasteiger partial charge on any atom is 0.407 e. The normalized spacial score (nSPS) is 20.3. The van der Waals surface area contributed by atoms with Crippen LogP contribution in [0.4, 0.5) is 4.79 Å². The first-order valence-electron chi connectivity index (χ1n) is 6.77. The van der Waals surface area contributed by atoms with Crippen LogP contribution in [0, 0.1) is 0 Å². The Kier molecular flexibility index (Phi) is 5.09. The summed E-state index contributed by atoms with van der Waals surface area (Å²) < 4.78 is 7.36. The second-order valence-electron chi connectivity index (χ2n) is 5.07. The molecule has 3 rings (SSSR count). The summed E-state index contributed by atoms with van der Waals surface area (Å²) in [5.41, 5.74) is -0.246. The molecule has 1 aromatic rings. The molecule has 2 saturated heterocycles. The van der Waals surface area contributed by atoms with Crippen molar-refractivity contribution < 1.29 is 19.4 Å². The molecule has 1 amide bonds. The number of nitrogens with zero attached hydrogens (tertiary/aromatic N) is 4. The Morgan fingerprint density at radius 2 is 1.95 bits per heavy atom. The molecular formula is C12H19N5O4. The van der Waals surface area contributed by atoms with Gasteiger partial charge in [0.25, 0.3) is 6.47 Å². The average molecular weight is 297 g/mol. The molecule has 2 aliphatic rings. The topological polar surface area (TPSA) is 110 Å². The van der Waals surface area contributed by atoms with E-state index in [2.05, 4.69) is 20.4 Å². The first kappa shape index (κ1) is 15.2. The molecule has 116 valence electrons. The number of carbonyl (C=O) groups is 2. The largest absolute Gasteiger partial charge is 0.483 e. The van der Waals surface area contributed by atoms with E-state index in [0.29, 0.717) is 6.54 Å². The van der Waals surface area contributed by atoms with E-state index in [1.54, 1.807) is 12.7 Å². The highest BCUT2D eigenvalue weighted by Crippen LogP contribution is 2.28. The van der Waals surface area contributed by atoms with Crippen LogP contribution >= 0.6 is 0 Å². The Balaban J connectivity index is 0.000000497. The van der Waals surface area contributed by atoms with Gasteiger partial charge in [0.15, 0.2) is 0 Å². The number of carbonyl (C=O) groups excluding carboxylic acids is 1. The zero-order chi connectivity index (χ0) is 15.1. The van der Waals surface area contributed by atoms with Crippen molar-refractivity contribution in [3.63, 3.8) is 0 Å². The standard InChI is InChI=1S/C11H17N5O2.CH2O2/c17-10-12-7-11(18-10)1-3-15(4-2-11)5-6-16-8-13-14-9-16;2-1-3/h8-9H,1-7H2,(H,12,17);1H,(H,2,3). The van der Waals surface area contributed by atoms with Gasteiger partial charge in [-0.15, -0.1) is 10.2 Å². The molecule has 2 N–H and O–H groups in total. The molecule has 2 fully saturated rings. The van der Waals surface area contributed by atoms with E-state index >= 15 is 0 Å². The number of amides is 1. The molecule has 0 aliphatic carbocycles. The first-order valence-corrected chi connectivity index (χ1v) is 6.77. The van der Waals surface area contributed by atoms with Crippen LogP contribution in [0.15, 0.2) is 12.7 Å². The van der Waals surface area contributed by atoms with E-state index in [9.17, 15) is 4.79 Å². The van der Waals surface area contributed by atoms with E-state index in [4.69, 9.17) is 14.6 Å². The number of aromatic nitrogens is 3. The number of likely N-dealkylation sites (tertiary alicyclic amines) is 1. The molecule has 0 bridgehead atoms. The number of alkyl carbamates (subject to hydrolysis) is 1. The summed E-state index contributed by atoms with van der Waals surface area (Å²) in [5, 5.41) is 17.2. The Morgan fingerprint density at radius 3 is 2.48 bits per heavy atom. The van der Waals surface area contributed by atoms with Crippen molar-refractivity contribution in [3.05, 3.63) is 12.7 Å². The lowest BCUT2D eigenvalue weighted by Gasteiger charge is -2.37. The second-order valence-corrected chi connectivity index (χ2v) is 5.07. The van der Waals surface area contributed by atoms with Gasteiger partial charge < -0.3 is 24.6 Å². The second kappa shape index (κ2) is 7.02. The minimum Gasteiger partial charge on any atom is -0.483 e. The Hall–Kier alpha value is -2.16. The molecule has 9 heteroatoms. The summed E-state index contributed by atoms with van der Waals surface area (Å²) in [7, 11) is 0. The van der Waals surface area contributed by atoms with E-state index in [0.717, 1.165) is 39.0 Å². The lowest BCUT2D eigenvalue weighted by molar-refractivity contribution is -0.122. The highest BCUT2D eigenvalue weighted by atomic mass is 16.6. The molecule has 21 heavy (non-hydrogen) atoms. The lowest BCUT2D eigenvalue weighted by Crippen LogP contribution is -2.47. The fraction of sp³-hybridized carbons (Fsp3) is 0.667. The molecule has 1 aromatic heterocycles. The zero-order valence-electron chi connectivity index (χ0n) is 11.6. The van der Waals surface area contributed by atoms with Gasteiger partial charge in [-0.25, -0.2) is 4.79 Å². The van der Waals surface area contributed by atoms with Crippen molar-refractivity contribution in [2.75, 3.05) is 26.2 Å². The number of piperidine rings is 1. The molecule has 9 nitrogen and oxygen atoms in total. The van der Waals surface area contributed by atoms with Crippen LogP contribution in [0.3, 0.4) is 0 Å². The molecule has 3 heterocycles. The molecule has 0 aromatic carbocycles. The molecule has 0 atom stereocenters. The molecule has 0 saturated carbocycles. The lowest BCUT2D eigenvalue weighted by atomic mass is 9.92. The van der Waals surface area contributed by atoms with Gasteiger partial charge in [0.2, 0.25) is 0 Å². The predicted molar refractivity (Wildman–Crippen MR) is 71.6 cm³/mol. The summed E-state index contributed by atoms with van der Waals surface area (Å²) in [6, 6.07) is 0. The van der Waals surface area contributed by atoms with Crippen LogP contribution < -0.4 is 5.32 Å². The number of hydrogen-bond donors (Lipinski definition) is 2. The van der Waals surface area contributed by atoms with Crippen molar-refractivity contribution in [2.24, 2.45) is 0 Å². The summed E-state index contributed by atoms with van der Waals surface area (Å²) in [4.78, 5) is 21.9. The predicted octanol–water partition coefficient (Wildman–Crippen LogP) is -0.447. The van der Waals surface area contributed by atoms with Gasteiger partial charge in [-0.3, -0.25) is 4.79 Å². The maximum absolute atomic E-state index is 11.1. The molecule has 0 radical (unpaired) electrons. The quantitative estimate of drug-likeness (QED) is 0.727. The van der Waals surface area contributed by atoms with Crippen LogP contribution in [0.25, 0.3) is 0 Å². The van der Waals surface area contributed by atoms with Gasteiger partial charge >= 0.3 is 6.09 Å². The van der Waals surface area contributed by atoms with E-state index < -0.39 is 0 Å². The number of ether oxygens (including phenoxy) is 1. The molecule has 0 unspecified atom stereocenters. The summed E-state index contributed by atoms with van der Waals surface area (Å²) in [6.45, 7) is 4.23. The van der Waals surface area contributed by atoms with Crippen molar-refractivity contribution >= 4 is 12.6 Å². The third kappa shape index (κ3) is 4.15. The summed E-state index contributed by atoms with van der Waals surface area (Å²) in [6.07, 6.45) is 5.01. The van der Waals surface area contributed by atoms with Gasteiger partial charge in [-0.2, -0.15) is 0 Å². The fourth-order valence-corrected chi connectivity index (χ4v) is 2.56. The molecule has 1 spiro atoms. The number of carboxylic acid groups (broad SMARTS) is 1. The van der Waals surface area contributed by atoms with E-state index in [1.807, 2.05) is 4.57 Å². The number of rotatable bonds is 3. The third-order valence-electron chi connectivity index (χ3n) is 3.77. The van der Waals surface area contributed by atoms with Crippen LogP contribution in [0.1, 0.15) is 12.8 Å². The minimum atomic E-state index is -0.270. The Bertz CT molecular complexity index is 456. The highest BCUT2D eigenvalue weighted by molar-refractivity contribution is 5.70. The van der Waals surface area contributed by atoms with Gasteiger partial charge in [0.1, 0.15) is 18.3 Å². The number of hydrogen-bond acceptors (Lipinski definition) is 6. The zero-order valence-corrected chi connectivity index (χ0v) is 11.6. The molecular weight excluding hydrogens is 278 g/mol. The SMILES string of the molecule is O=C1NCC2(CCN(CCn3cnnc3)CC2)O1.O=CO. The van der Waals surface area contributed by atoms with Crippen molar-refractivity contribution in [2.45, 2.75) is 25.0 Å². The van der Waals surface area contributed by atoms with Crippen LogP contribution in [0.2, 0.25) is 0 Å². The average Bonchev–Trinajstić information content (AvgIpc) is 3.10. The Morgan fingerprint density at radius 1 is 1.33 bits per heavy atom. The fourth-order valence-electron chi connectivity index (χ4n) is 2.56. The van der Waals surface area contributed by atoms with E-state index in [1.165, 1.54) is 0 Å². The smallest absolute Gasteiger partial charge is 0.407 e. The van der Waals surface area contributed by atoms with Gasteiger partial charge in [0, 0.05) is 39.0 Å². The van der Waals surface area contributed by atoms with Gasteiger partial charge in [-0.1, -0.05) is 0 Å². The van der Waals surface area contributed by atoms with Crippen LogP contribution in [-0.2, 0) is 16.1 Å². The van der Waals surface area contributed by atoms with Gasteiger partial charge in [-0.05, 0) is 0 Å². The maximum atomic E-state index is 11.1. The van der Waals surface area contributed by atoms with E-state index in [-0.39, 0.29) is 18.2 Å². The van der Waals surface area contributed by atoms with Crippen molar-refractivity contribution in [1.29, 1.82) is 0 Å². The van der Waals surface area contributed by atoms with Crippen LogP contribution in [-0.4, -0.2) is 69.1 Å². The third-order valence-corrected chi connectivity index (χ3v) is 3.77. The monoisotopic (exact) mass is 297 g/mol. The molecule has 2 aliphatic heterocycles. The summed E-state index contributed by atoms with van der Waals surface area (Å²) >= 11 is 0. The first-order chi connectivity index (χ1) is 10.2. The minimum absolute atomic E-state index is 0.246. The highest BCUT2D eigenvalue weighted by Gasteiger charge is 2.42. The Labute approximate surface area is 121 Å².